The molecule has 3 heteroatoms. The molecule has 0 N–H and O–H groups in total. The highest BCUT2D eigenvalue weighted by Crippen LogP contribution is 2.16. The van der Waals surface area contributed by atoms with Crippen LogP contribution in [0, 0.1) is 6.92 Å². The molecule has 0 unspecified atom stereocenters. The van der Waals surface area contributed by atoms with Crippen LogP contribution in [-0.2, 0) is 4.74 Å². The van der Waals surface area contributed by atoms with Crippen molar-refractivity contribution in [1.82, 2.24) is 4.90 Å². The van der Waals surface area contributed by atoms with Gasteiger partial charge in [0.2, 0.25) is 0 Å². The normalized spacial score (nSPS) is 17.2. The van der Waals surface area contributed by atoms with Gasteiger partial charge in [0.05, 0.1) is 6.10 Å². The van der Waals surface area contributed by atoms with Crippen molar-refractivity contribution in [1.29, 1.82) is 0 Å². The number of hydrogen-bond acceptors (Lipinski definition) is 2. The van der Waals surface area contributed by atoms with Crippen LogP contribution in [0.4, 0.5) is 0 Å². The SMILES string of the molecule is COC1CCN(C(=O)c2ccc(C)cc2)CC1. The molecule has 1 heterocycles. The van der Waals surface area contributed by atoms with Crippen molar-refractivity contribution in [2.24, 2.45) is 0 Å². The third kappa shape index (κ3) is 2.86. The number of piperidine rings is 1. The van der Waals surface area contributed by atoms with E-state index in [4.69, 9.17) is 4.74 Å². The molecule has 2 rings (SSSR count). The van der Waals surface area contributed by atoms with Gasteiger partial charge in [-0.1, -0.05) is 17.7 Å². The zero-order chi connectivity index (χ0) is 12.3. The molecule has 0 aliphatic carbocycles. The summed E-state index contributed by atoms with van der Waals surface area (Å²) in [5, 5.41) is 0. The smallest absolute Gasteiger partial charge is 0.253 e. The number of amides is 1. The molecule has 1 aliphatic rings. The zero-order valence-corrected chi connectivity index (χ0v) is 10.5. The largest absolute Gasteiger partial charge is 0.381 e. The minimum Gasteiger partial charge on any atom is -0.381 e. The second-order valence-electron chi connectivity index (χ2n) is 4.59. The molecule has 3 nitrogen and oxygen atoms in total. The molecule has 1 amide bonds. The highest BCUT2D eigenvalue weighted by Gasteiger charge is 2.23. The van der Waals surface area contributed by atoms with Gasteiger partial charge in [-0.15, -0.1) is 0 Å². The number of rotatable bonds is 2. The molecule has 0 spiro atoms. The van der Waals surface area contributed by atoms with Crippen molar-refractivity contribution in [3.05, 3.63) is 35.4 Å². The van der Waals surface area contributed by atoms with Gasteiger partial charge in [0.1, 0.15) is 0 Å². The molecule has 0 aromatic heterocycles. The zero-order valence-electron chi connectivity index (χ0n) is 10.5. The van der Waals surface area contributed by atoms with Gasteiger partial charge in [0.15, 0.2) is 0 Å². The number of carbonyl (C=O) groups excluding carboxylic acids is 1. The van der Waals surface area contributed by atoms with Crippen LogP contribution in [0.5, 0.6) is 0 Å². The minimum atomic E-state index is 0.138. The summed E-state index contributed by atoms with van der Waals surface area (Å²) in [4.78, 5) is 14.1. The minimum absolute atomic E-state index is 0.138. The fraction of sp³-hybridized carbons (Fsp3) is 0.500. The lowest BCUT2D eigenvalue weighted by molar-refractivity contribution is 0.0351. The van der Waals surface area contributed by atoms with Crippen molar-refractivity contribution in [2.75, 3.05) is 20.2 Å². The Bertz CT molecular complexity index is 378. The van der Waals surface area contributed by atoms with E-state index in [1.807, 2.05) is 36.1 Å². The Morgan fingerprint density at radius 3 is 2.35 bits per heavy atom. The van der Waals surface area contributed by atoms with Crippen molar-refractivity contribution in [3.63, 3.8) is 0 Å². The fourth-order valence-corrected chi connectivity index (χ4v) is 2.17. The number of methoxy groups -OCH3 is 1. The lowest BCUT2D eigenvalue weighted by atomic mass is 10.1. The molecule has 0 radical (unpaired) electrons. The van der Waals surface area contributed by atoms with Crippen molar-refractivity contribution in [2.45, 2.75) is 25.9 Å². The van der Waals surface area contributed by atoms with Crippen molar-refractivity contribution >= 4 is 5.91 Å². The quantitative estimate of drug-likeness (QED) is 0.784. The predicted octanol–water partition coefficient (Wildman–Crippen LogP) is 2.25. The summed E-state index contributed by atoms with van der Waals surface area (Å²) in [7, 11) is 1.74. The third-order valence-corrected chi connectivity index (χ3v) is 3.36. The number of ether oxygens (including phenoxy) is 1. The monoisotopic (exact) mass is 233 g/mol. The molecule has 1 fully saturated rings. The molecular formula is C14H19NO2. The fourth-order valence-electron chi connectivity index (χ4n) is 2.17. The van der Waals surface area contributed by atoms with Gasteiger partial charge in [-0.05, 0) is 31.9 Å². The molecule has 17 heavy (non-hydrogen) atoms. The van der Waals surface area contributed by atoms with E-state index in [0.29, 0.717) is 6.10 Å². The van der Waals surface area contributed by atoms with Gasteiger partial charge in [0, 0.05) is 25.8 Å². The number of carbonyl (C=O) groups is 1. The van der Waals surface area contributed by atoms with E-state index in [1.54, 1.807) is 7.11 Å². The Hall–Kier alpha value is -1.35. The Morgan fingerprint density at radius 2 is 1.82 bits per heavy atom. The van der Waals surface area contributed by atoms with Gasteiger partial charge in [-0.2, -0.15) is 0 Å². The molecule has 1 aromatic rings. The summed E-state index contributed by atoms with van der Waals surface area (Å²) >= 11 is 0. The van der Waals surface area contributed by atoms with E-state index >= 15 is 0 Å². The van der Waals surface area contributed by atoms with Crippen LogP contribution >= 0.6 is 0 Å². The van der Waals surface area contributed by atoms with E-state index in [9.17, 15) is 4.79 Å². The number of nitrogens with zero attached hydrogens (tertiary/aromatic N) is 1. The predicted molar refractivity (Wildman–Crippen MR) is 67.1 cm³/mol. The maximum absolute atomic E-state index is 12.2. The van der Waals surface area contributed by atoms with E-state index in [1.165, 1.54) is 5.56 Å². The first-order valence-corrected chi connectivity index (χ1v) is 6.09. The molecular weight excluding hydrogens is 214 g/mol. The first-order valence-electron chi connectivity index (χ1n) is 6.09. The van der Waals surface area contributed by atoms with Crippen LogP contribution in [0.2, 0.25) is 0 Å². The average molecular weight is 233 g/mol. The van der Waals surface area contributed by atoms with Crippen molar-refractivity contribution in [3.8, 4) is 0 Å². The van der Waals surface area contributed by atoms with Gasteiger partial charge in [0.25, 0.3) is 5.91 Å². The van der Waals surface area contributed by atoms with Gasteiger partial charge < -0.3 is 9.64 Å². The van der Waals surface area contributed by atoms with Crippen LogP contribution in [0.1, 0.15) is 28.8 Å². The molecule has 0 saturated carbocycles. The van der Waals surface area contributed by atoms with Crippen LogP contribution in [-0.4, -0.2) is 37.1 Å². The third-order valence-electron chi connectivity index (χ3n) is 3.36. The second-order valence-corrected chi connectivity index (χ2v) is 4.59. The standard InChI is InChI=1S/C14H19NO2/c1-11-3-5-12(6-4-11)14(16)15-9-7-13(17-2)8-10-15/h3-6,13H,7-10H2,1-2H3. The van der Waals surface area contributed by atoms with Gasteiger partial charge in [-0.25, -0.2) is 0 Å². The molecule has 92 valence electrons. The first-order chi connectivity index (χ1) is 8.20. The number of aryl methyl sites for hydroxylation is 1. The maximum atomic E-state index is 12.2. The van der Waals surface area contributed by atoms with Crippen LogP contribution in [0.25, 0.3) is 0 Å². The van der Waals surface area contributed by atoms with E-state index in [0.717, 1.165) is 31.5 Å². The number of likely N-dealkylation sites (tertiary alicyclic amines) is 1. The van der Waals surface area contributed by atoms with E-state index in [2.05, 4.69) is 0 Å². The Labute approximate surface area is 102 Å². The summed E-state index contributed by atoms with van der Waals surface area (Å²) in [6.07, 6.45) is 2.19. The van der Waals surface area contributed by atoms with Gasteiger partial charge >= 0.3 is 0 Å². The Kier molecular flexibility index (Phi) is 3.79. The Morgan fingerprint density at radius 1 is 1.24 bits per heavy atom. The molecule has 1 aliphatic heterocycles. The number of benzene rings is 1. The Balaban J connectivity index is 1.99. The van der Waals surface area contributed by atoms with Gasteiger partial charge in [-0.3, -0.25) is 4.79 Å². The van der Waals surface area contributed by atoms with Crippen molar-refractivity contribution < 1.29 is 9.53 Å². The summed E-state index contributed by atoms with van der Waals surface area (Å²) in [6, 6.07) is 7.77. The summed E-state index contributed by atoms with van der Waals surface area (Å²) < 4.78 is 5.30. The lowest BCUT2D eigenvalue weighted by Crippen LogP contribution is -2.40. The summed E-state index contributed by atoms with van der Waals surface area (Å²) in [5.74, 6) is 0.138. The molecule has 0 atom stereocenters. The van der Waals surface area contributed by atoms with Crippen LogP contribution in [0.15, 0.2) is 24.3 Å². The first kappa shape index (κ1) is 12.1. The molecule has 1 saturated heterocycles. The van der Waals surface area contributed by atoms with E-state index < -0.39 is 0 Å². The topological polar surface area (TPSA) is 29.5 Å². The number of hydrogen-bond donors (Lipinski definition) is 0. The highest BCUT2D eigenvalue weighted by atomic mass is 16.5. The maximum Gasteiger partial charge on any atom is 0.253 e. The second kappa shape index (κ2) is 5.32. The average Bonchev–Trinajstić information content (AvgIpc) is 2.39. The van der Waals surface area contributed by atoms with Crippen LogP contribution in [0.3, 0.4) is 0 Å². The summed E-state index contributed by atoms with van der Waals surface area (Å²) in [6.45, 7) is 3.62. The van der Waals surface area contributed by atoms with Crippen LogP contribution < -0.4 is 0 Å². The van der Waals surface area contributed by atoms with E-state index in [-0.39, 0.29) is 5.91 Å². The highest BCUT2D eigenvalue weighted by molar-refractivity contribution is 5.94. The molecule has 0 bridgehead atoms. The lowest BCUT2D eigenvalue weighted by Gasteiger charge is -2.31. The summed E-state index contributed by atoms with van der Waals surface area (Å²) in [5.41, 5.74) is 1.96. The molecule has 1 aromatic carbocycles.